The number of nitrogens with one attached hydrogen (secondary N) is 1. The van der Waals surface area contributed by atoms with Crippen LogP contribution in [0.25, 0.3) is 0 Å². The number of aliphatic hydroxyl groups is 1. The van der Waals surface area contributed by atoms with Crippen LogP contribution in [0.5, 0.6) is 0 Å². The minimum absolute atomic E-state index is 0.0332. The third-order valence-corrected chi connectivity index (χ3v) is 4.73. The van der Waals surface area contributed by atoms with Gasteiger partial charge in [-0.05, 0) is 39.2 Å². The van der Waals surface area contributed by atoms with Gasteiger partial charge in [-0.1, -0.05) is 0 Å². The van der Waals surface area contributed by atoms with Crippen LogP contribution in [0.4, 0.5) is 0 Å². The molecule has 0 radical (unpaired) electrons. The summed E-state index contributed by atoms with van der Waals surface area (Å²) in [7, 11) is 0. The lowest BCUT2D eigenvalue weighted by Crippen LogP contribution is -2.50. The van der Waals surface area contributed by atoms with E-state index in [0.717, 1.165) is 57.6 Å². The number of nitrogens with zero attached hydrogens (tertiary/aromatic N) is 3. The molecule has 3 rings (SSSR count). The van der Waals surface area contributed by atoms with Crippen molar-refractivity contribution in [1.82, 2.24) is 19.8 Å². The summed E-state index contributed by atoms with van der Waals surface area (Å²) in [6, 6.07) is 0.504. The highest BCUT2D eigenvalue weighted by Crippen LogP contribution is 2.22. The lowest BCUT2D eigenvalue weighted by atomic mass is 9.98. The fourth-order valence-electron chi connectivity index (χ4n) is 3.47. The zero-order valence-corrected chi connectivity index (χ0v) is 12.6. The maximum absolute atomic E-state index is 12.4. The van der Waals surface area contributed by atoms with Gasteiger partial charge < -0.3 is 15.0 Å². The van der Waals surface area contributed by atoms with Crippen LogP contribution in [-0.2, 0) is 0 Å². The molecule has 1 amide bonds. The second-order valence-electron chi connectivity index (χ2n) is 6.19. The number of piperidine rings is 2. The largest absolute Gasteiger partial charge is 0.392 e. The first-order valence-electron chi connectivity index (χ1n) is 7.86. The van der Waals surface area contributed by atoms with E-state index >= 15 is 0 Å². The molecule has 0 aliphatic carbocycles. The van der Waals surface area contributed by atoms with E-state index < -0.39 is 0 Å². The topological polar surface area (TPSA) is 72.5 Å². The average molecular weight is 292 g/mol. The second kappa shape index (κ2) is 6.15. The Morgan fingerprint density at radius 3 is 2.71 bits per heavy atom. The Hall–Kier alpha value is -1.40. The van der Waals surface area contributed by atoms with Crippen molar-refractivity contribution in [3.8, 4) is 0 Å². The summed E-state index contributed by atoms with van der Waals surface area (Å²) >= 11 is 0. The molecule has 6 nitrogen and oxygen atoms in total. The Bertz CT molecular complexity index is 494. The van der Waals surface area contributed by atoms with Gasteiger partial charge in [0.15, 0.2) is 0 Å². The Labute approximate surface area is 125 Å². The maximum atomic E-state index is 12.4. The monoisotopic (exact) mass is 292 g/mol. The van der Waals surface area contributed by atoms with Gasteiger partial charge in [-0.3, -0.25) is 9.69 Å². The van der Waals surface area contributed by atoms with Crippen LogP contribution in [0.1, 0.15) is 41.9 Å². The summed E-state index contributed by atoms with van der Waals surface area (Å²) in [6.45, 7) is 5.30. The Balaban J connectivity index is 1.55. The molecule has 1 aromatic rings. The van der Waals surface area contributed by atoms with Gasteiger partial charge in [-0.2, -0.15) is 0 Å². The number of aryl methyl sites for hydroxylation is 1. The third kappa shape index (κ3) is 3.11. The molecular weight excluding hydrogens is 268 g/mol. The van der Waals surface area contributed by atoms with E-state index in [1.54, 1.807) is 6.33 Å². The number of H-pyrrole nitrogens is 1. The normalized spacial score (nSPS) is 25.2. The number of aromatic nitrogens is 2. The standard InChI is InChI=1S/C15H24N4O2/c1-11-14(17-10-16-11)15(21)18-7-4-12(5-8-18)19-6-2-3-13(20)9-19/h10,12-13,20H,2-9H2,1H3,(H,16,17)/t13-/m1/s1. The van der Waals surface area contributed by atoms with Crippen molar-refractivity contribution in [2.75, 3.05) is 26.2 Å². The third-order valence-electron chi connectivity index (χ3n) is 4.73. The minimum atomic E-state index is -0.176. The summed E-state index contributed by atoms with van der Waals surface area (Å²) in [6.07, 6.45) is 5.37. The first kappa shape index (κ1) is 14.5. The van der Waals surface area contributed by atoms with Crippen molar-refractivity contribution in [3.05, 3.63) is 17.7 Å². The zero-order chi connectivity index (χ0) is 14.8. The van der Waals surface area contributed by atoms with Crippen molar-refractivity contribution in [2.45, 2.75) is 44.8 Å². The average Bonchev–Trinajstić information content (AvgIpc) is 2.93. The van der Waals surface area contributed by atoms with E-state index in [9.17, 15) is 9.90 Å². The molecule has 6 heteroatoms. The van der Waals surface area contributed by atoms with Gasteiger partial charge in [0, 0.05) is 31.4 Å². The van der Waals surface area contributed by atoms with Crippen molar-refractivity contribution in [2.24, 2.45) is 0 Å². The molecule has 0 spiro atoms. The highest BCUT2D eigenvalue weighted by atomic mass is 16.3. The van der Waals surface area contributed by atoms with E-state index in [1.165, 1.54) is 0 Å². The van der Waals surface area contributed by atoms with Crippen LogP contribution in [0, 0.1) is 6.92 Å². The van der Waals surface area contributed by atoms with E-state index in [-0.39, 0.29) is 12.0 Å². The molecule has 0 bridgehead atoms. The van der Waals surface area contributed by atoms with E-state index in [2.05, 4.69) is 14.9 Å². The number of hydrogen-bond acceptors (Lipinski definition) is 4. The summed E-state index contributed by atoms with van der Waals surface area (Å²) < 4.78 is 0. The lowest BCUT2D eigenvalue weighted by Gasteiger charge is -2.41. The molecule has 1 aromatic heterocycles. The molecule has 21 heavy (non-hydrogen) atoms. The summed E-state index contributed by atoms with van der Waals surface area (Å²) in [5.74, 6) is 0.0332. The highest BCUT2D eigenvalue weighted by Gasteiger charge is 2.30. The second-order valence-corrected chi connectivity index (χ2v) is 6.19. The van der Waals surface area contributed by atoms with Gasteiger partial charge in [0.1, 0.15) is 5.69 Å². The smallest absolute Gasteiger partial charge is 0.274 e. The van der Waals surface area contributed by atoms with Gasteiger partial charge in [0.2, 0.25) is 0 Å². The molecule has 0 unspecified atom stereocenters. The molecule has 1 atom stereocenters. The van der Waals surface area contributed by atoms with Crippen molar-refractivity contribution >= 4 is 5.91 Å². The predicted octanol–water partition coefficient (Wildman–Crippen LogP) is 0.779. The summed E-state index contributed by atoms with van der Waals surface area (Å²) in [4.78, 5) is 23.8. The van der Waals surface area contributed by atoms with Crippen LogP contribution < -0.4 is 0 Å². The molecular formula is C15H24N4O2. The van der Waals surface area contributed by atoms with Gasteiger partial charge in [0.25, 0.3) is 5.91 Å². The molecule has 2 aliphatic heterocycles. The molecule has 116 valence electrons. The first-order valence-corrected chi connectivity index (χ1v) is 7.86. The van der Waals surface area contributed by atoms with Crippen molar-refractivity contribution < 1.29 is 9.90 Å². The summed E-state index contributed by atoms with van der Waals surface area (Å²) in [5.41, 5.74) is 1.38. The SMILES string of the molecule is Cc1[nH]cnc1C(=O)N1CCC(N2CCC[C@@H](O)C2)CC1. The number of hydrogen-bond donors (Lipinski definition) is 2. The van der Waals surface area contributed by atoms with Gasteiger partial charge in [-0.25, -0.2) is 4.98 Å². The summed E-state index contributed by atoms with van der Waals surface area (Å²) in [5, 5.41) is 9.79. The van der Waals surface area contributed by atoms with Crippen molar-refractivity contribution in [3.63, 3.8) is 0 Å². The highest BCUT2D eigenvalue weighted by molar-refractivity contribution is 5.93. The fraction of sp³-hybridized carbons (Fsp3) is 0.733. The molecule has 0 saturated carbocycles. The minimum Gasteiger partial charge on any atom is -0.392 e. The van der Waals surface area contributed by atoms with Crippen LogP contribution in [0.3, 0.4) is 0 Å². The number of aliphatic hydroxyl groups excluding tert-OH is 1. The van der Waals surface area contributed by atoms with E-state index in [4.69, 9.17) is 0 Å². The van der Waals surface area contributed by atoms with E-state index in [1.807, 2.05) is 11.8 Å². The predicted molar refractivity (Wildman–Crippen MR) is 79.1 cm³/mol. The number of likely N-dealkylation sites (tertiary alicyclic amines) is 2. The van der Waals surface area contributed by atoms with Crippen molar-refractivity contribution in [1.29, 1.82) is 0 Å². The van der Waals surface area contributed by atoms with Crippen LogP contribution in [-0.4, -0.2) is 69.1 Å². The van der Waals surface area contributed by atoms with Gasteiger partial charge >= 0.3 is 0 Å². The quantitative estimate of drug-likeness (QED) is 0.845. The molecule has 2 fully saturated rings. The van der Waals surface area contributed by atoms with Crippen LogP contribution >= 0.6 is 0 Å². The number of carbonyl (C=O) groups is 1. The number of amides is 1. The lowest BCUT2D eigenvalue weighted by molar-refractivity contribution is 0.0239. The van der Waals surface area contributed by atoms with Gasteiger partial charge in [0.05, 0.1) is 12.4 Å². The zero-order valence-electron chi connectivity index (χ0n) is 12.6. The Kier molecular flexibility index (Phi) is 4.26. The van der Waals surface area contributed by atoms with E-state index in [0.29, 0.717) is 11.7 Å². The number of rotatable bonds is 2. The molecule has 2 aliphatic rings. The number of β-amino-alcohol motifs (C(OH)–C–C–N with tert-alkyl or cyclic N) is 1. The first-order chi connectivity index (χ1) is 10.1. The molecule has 0 aromatic carbocycles. The van der Waals surface area contributed by atoms with Crippen LogP contribution in [0.2, 0.25) is 0 Å². The molecule has 2 saturated heterocycles. The number of aromatic amines is 1. The van der Waals surface area contributed by atoms with Crippen LogP contribution in [0.15, 0.2) is 6.33 Å². The molecule has 3 heterocycles. The maximum Gasteiger partial charge on any atom is 0.274 e. The van der Waals surface area contributed by atoms with Gasteiger partial charge in [-0.15, -0.1) is 0 Å². The molecule has 2 N–H and O–H groups in total. The number of imidazole rings is 1. The Morgan fingerprint density at radius 2 is 2.10 bits per heavy atom. The fourth-order valence-corrected chi connectivity index (χ4v) is 3.47. The number of carbonyl (C=O) groups excluding carboxylic acids is 1. The Morgan fingerprint density at radius 1 is 1.33 bits per heavy atom.